The topological polar surface area (TPSA) is 95.8 Å². The molecule has 0 atom stereocenters. The van der Waals surface area contributed by atoms with Gasteiger partial charge < -0.3 is 14.7 Å². The monoisotopic (exact) mass is 486 g/mol. The van der Waals surface area contributed by atoms with E-state index in [9.17, 15) is 13.2 Å². The minimum atomic E-state index is -3.54. The van der Waals surface area contributed by atoms with Crippen molar-refractivity contribution in [3.05, 3.63) is 71.6 Å². The molecule has 3 aromatic rings. The summed E-state index contributed by atoms with van der Waals surface area (Å²) >= 11 is 1.49. The lowest BCUT2D eigenvalue weighted by atomic mass is 10.2. The van der Waals surface area contributed by atoms with Gasteiger partial charge in [-0.2, -0.15) is 4.31 Å². The summed E-state index contributed by atoms with van der Waals surface area (Å²) in [7, 11) is -1.57. The Labute approximate surface area is 198 Å². The Morgan fingerprint density at radius 3 is 2.45 bits per heavy atom. The van der Waals surface area contributed by atoms with Gasteiger partial charge in [-0.3, -0.25) is 4.79 Å². The predicted molar refractivity (Wildman–Crippen MR) is 128 cm³/mol. The van der Waals surface area contributed by atoms with Gasteiger partial charge >= 0.3 is 0 Å². The number of aromatic nitrogens is 1. The third-order valence-corrected chi connectivity index (χ3v) is 8.40. The molecular formula is C23H26N4O4S2. The van der Waals surface area contributed by atoms with Crippen LogP contribution in [0.25, 0.3) is 0 Å². The number of hydrogen-bond donors (Lipinski definition) is 1. The lowest BCUT2D eigenvalue weighted by Crippen LogP contribution is -2.46. The molecule has 1 fully saturated rings. The number of benzene rings is 2. The Balaban J connectivity index is 1.43. The molecule has 1 amide bonds. The van der Waals surface area contributed by atoms with Crippen molar-refractivity contribution in [2.24, 2.45) is 0 Å². The number of thioether (sulfide) groups is 1. The first-order valence-corrected chi connectivity index (χ1v) is 13.0. The molecule has 0 spiro atoms. The molecular weight excluding hydrogens is 460 g/mol. The van der Waals surface area contributed by atoms with Crippen molar-refractivity contribution in [3.8, 4) is 0 Å². The first-order valence-electron chi connectivity index (χ1n) is 10.6. The van der Waals surface area contributed by atoms with Crippen molar-refractivity contribution in [1.82, 2.24) is 14.4 Å². The van der Waals surface area contributed by atoms with Crippen LogP contribution < -0.4 is 5.32 Å². The highest BCUT2D eigenvalue weighted by Gasteiger charge is 2.27. The number of nitrogens with one attached hydrogen (secondary N) is 1. The Morgan fingerprint density at radius 1 is 1.09 bits per heavy atom. The minimum Gasteiger partial charge on any atom is -0.360 e. The molecule has 0 radical (unpaired) electrons. The van der Waals surface area contributed by atoms with Gasteiger partial charge in [-0.15, -0.1) is 11.8 Å². The SMILES string of the molecule is Cc1cc(CSc2ccccc2C(=O)Nc2ccc(S(=O)(=O)N3CCN(C)CC3)cc2)on1. The van der Waals surface area contributed by atoms with Crippen molar-refractivity contribution < 1.29 is 17.7 Å². The fourth-order valence-corrected chi connectivity index (χ4v) is 5.85. The van der Waals surface area contributed by atoms with Gasteiger partial charge in [-0.05, 0) is 50.4 Å². The van der Waals surface area contributed by atoms with Gasteiger partial charge in [-0.25, -0.2) is 8.42 Å². The highest BCUT2D eigenvalue weighted by atomic mass is 32.2. The molecule has 1 aromatic heterocycles. The zero-order valence-corrected chi connectivity index (χ0v) is 20.2. The standard InChI is InChI=1S/C23H26N4O4S2/c1-17-15-19(31-25-17)16-32-22-6-4-3-5-21(22)23(28)24-18-7-9-20(10-8-18)33(29,30)27-13-11-26(2)12-14-27/h3-10,15H,11-14,16H2,1-2H3,(H,24,28). The molecule has 8 nitrogen and oxygen atoms in total. The second-order valence-electron chi connectivity index (χ2n) is 7.91. The van der Waals surface area contributed by atoms with E-state index in [4.69, 9.17) is 4.52 Å². The Bertz CT molecular complexity index is 1220. The minimum absolute atomic E-state index is 0.225. The van der Waals surface area contributed by atoms with Crippen molar-refractivity contribution in [2.45, 2.75) is 22.5 Å². The predicted octanol–water partition coefficient (Wildman–Crippen LogP) is 3.46. The lowest BCUT2D eigenvalue weighted by molar-refractivity contribution is 0.102. The van der Waals surface area contributed by atoms with Crippen LogP contribution in [0.1, 0.15) is 21.8 Å². The number of sulfonamides is 1. The van der Waals surface area contributed by atoms with Gasteiger partial charge in [0.05, 0.1) is 21.9 Å². The van der Waals surface area contributed by atoms with E-state index in [-0.39, 0.29) is 10.8 Å². The molecule has 174 valence electrons. The van der Waals surface area contributed by atoms with Crippen molar-refractivity contribution in [2.75, 3.05) is 38.5 Å². The number of carbonyl (C=O) groups is 1. The molecule has 0 saturated carbocycles. The number of rotatable bonds is 7. The molecule has 1 aliphatic heterocycles. The van der Waals surface area contributed by atoms with Gasteiger partial charge in [0.15, 0.2) is 0 Å². The molecule has 0 unspecified atom stereocenters. The van der Waals surface area contributed by atoms with Crippen molar-refractivity contribution >= 4 is 33.4 Å². The normalized spacial score (nSPS) is 15.5. The first kappa shape index (κ1) is 23.5. The molecule has 0 aliphatic carbocycles. The number of carbonyl (C=O) groups excluding carboxylic acids is 1. The van der Waals surface area contributed by atoms with Crippen LogP contribution in [0, 0.1) is 6.92 Å². The smallest absolute Gasteiger partial charge is 0.256 e. The zero-order chi connectivity index (χ0) is 23.4. The molecule has 2 aromatic carbocycles. The molecule has 10 heteroatoms. The van der Waals surface area contributed by atoms with Gasteiger partial charge in [-0.1, -0.05) is 17.3 Å². The molecule has 4 rings (SSSR count). The summed E-state index contributed by atoms with van der Waals surface area (Å²) in [6.45, 7) is 4.22. The summed E-state index contributed by atoms with van der Waals surface area (Å²) in [6, 6.07) is 15.5. The van der Waals surface area contributed by atoms with E-state index in [1.165, 1.54) is 28.2 Å². The van der Waals surface area contributed by atoms with E-state index >= 15 is 0 Å². The van der Waals surface area contributed by atoms with E-state index in [0.717, 1.165) is 16.3 Å². The third kappa shape index (κ3) is 5.64. The third-order valence-electron chi connectivity index (χ3n) is 5.39. The summed E-state index contributed by atoms with van der Waals surface area (Å²) < 4.78 is 32.5. The van der Waals surface area contributed by atoms with Gasteiger partial charge in [0.2, 0.25) is 10.0 Å². The van der Waals surface area contributed by atoms with Crippen LogP contribution in [-0.4, -0.2) is 61.9 Å². The second-order valence-corrected chi connectivity index (χ2v) is 10.9. The fraction of sp³-hybridized carbons (Fsp3) is 0.304. The first-order chi connectivity index (χ1) is 15.8. The van der Waals surface area contributed by atoms with Crippen molar-refractivity contribution in [3.63, 3.8) is 0 Å². The number of likely N-dealkylation sites (N-methyl/N-ethyl adjacent to an activating group) is 1. The maximum absolute atomic E-state index is 12.9. The fourth-order valence-electron chi connectivity index (χ4n) is 3.50. The number of nitrogens with zero attached hydrogens (tertiary/aromatic N) is 3. The average Bonchev–Trinajstić information content (AvgIpc) is 3.23. The van der Waals surface area contributed by atoms with E-state index in [2.05, 4.69) is 15.4 Å². The van der Waals surface area contributed by atoms with E-state index in [1.54, 1.807) is 18.2 Å². The Morgan fingerprint density at radius 2 is 1.79 bits per heavy atom. The van der Waals surface area contributed by atoms with E-state index in [0.29, 0.717) is 43.2 Å². The highest BCUT2D eigenvalue weighted by molar-refractivity contribution is 7.98. The number of amides is 1. The number of aryl methyl sites for hydroxylation is 1. The van der Waals surface area contributed by atoms with Crippen LogP contribution in [0.2, 0.25) is 0 Å². The summed E-state index contributed by atoms with van der Waals surface area (Å²) in [5.74, 6) is 1.04. The lowest BCUT2D eigenvalue weighted by Gasteiger charge is -2.31. The largest absolute Gasteiger partial charge is 0.360 e. The number of piperazine rings is 1. The molecule has 1 saturated heterocycles. The highest BCUT2D eigenvalue weighted by Crippen LogP contribution is 2.27. The summed E-state index contributed by atoms with van der Waals surface area (Å²) in [6.07, 6.45) is 0. The summed E-state index contributed by atoms with van der Waals surface area (Å²) in [4.78, 5) is 16.1. The van der Waals surface area contributed by atoms with Crippen molar-refractivity contribution in [1.29, 1.82) is 0 Å². The molecule has 2 heterocycles. The van der Waals surface area contributed by atoms with E-state index < -0.39 is 10.0 Å². The van der Waals surface area contributed by atoms with Crippen LogP contribution in [0.15, 0.2) is 68.9 Å². The zero-order valence-electron chi connectivity index (χ0n) is 18.5. The summed E-state index contributed by atoms with van der Waals surface area (Å²) in [5.41, 5.74) is 1.88. The van der Waals surface area contributed by atoms with Gasteiger partial charge in [0.25, 0.3) is 5.91 Å². The van der Waals surface area contributed by atoms with Crippen LogP contribution >= 0.6 is 11.8 Å². The van der Waals surface area contributed by atoms with Gasteiger partial charge in [0, 0.05) is 42.8 Å². The van der Waals surface area contributed by atoms with Crippen LogP contribution in [0.5, 0.6) is 0 Å². The van der Waals surface area contributed by atoms with Crippen LogP contribution in [0.4, 0.5) is 5.69 Å². The molecule has 33 heavy (non-hydrogen) atoms. The molecule has 1 N–H and O–H groups in total. The molecule has 1 aliphatic rings. The average molecular weight is 487 g/mol. The Kier molecular flexibility index (Phi) is 7.18. The second kappa shape index (κ2) is 10.1. The van der Waals surface area contributed by atoms with E-state index in [1.807, 2.05) is 38.2 Å². The quantitative estimate of drug-likeness (QED) is 0.511. The van der Waals surface area contributed by atoms with Gasteiger partial charge in [0.1, 0.15) is 5.76 Å². The molecule has 0 bridgehead atoms. The van der Waals surface area contributed by atoms with Crippen LogP contribution in [-0.2, 0) is 15.8 Å². The van der Waals surface area contributed by atoms with Crippen LogP contribution in [0.3, 0.4) is 0 Å². The summed E-state index contributed by atoms with van der Waals surface area (Å²) in [5, 5.41) is 6.75. The maximum atomic E-state index is 12.9. The number of anilines is 1. The maximum Gasteiger partial charge on any atom is 0.256 e. The number of hydrogen-bond acceptors (Lipinski definition) is 7. The Hall–Kier alpha value is -2.66.